The van der Waals surface area contributed by atoms with Gasteiger partial charge in [0.25, 0.3) is 0 Å². The van der Waals surface area contributed by atoms with E-state index in [1.807, 2.05) is 30.3 Å². The van der Waals surface area contributed by atoms with E-state index in [0.29, 0.717) is 22.6 Å². The zero-order valence-electron chi connectivity index (χ0n) is 17.5. The van der Waals surface area contributed by atoms with Crippen LogP contribution in [0.5, 0.6) is 5.75 Å². The number of aromatic nitrogens is 2. The second kappa shape index (κ2) is 9.10. The number of benzene rings is 3. The van der Waals surface area contributed by atoms with E-state index in [1.165, 1.54) is 6.08 Å². The molecule has 1 aromatic heterocycles. The predicted molar refractivity (Wildman–Crippen MR) is 123 cm³/mol. The number of hydrogen-bond acceptors (Lipinski definition) is 5. The number of rotatable bonds is 6. The smallest absolute Gasteiger partial charge is 0.216 e. The Balaban J connectivity index is 1.87. The van der Waals surface area contributed by atoms with Crippen LogP contribution in [0.25, 0.3) is 23.0 Å². The molecular weight excluding hydrogens is 441 g/mol. The van der Waals surface area contributed by atoms with Crippen molar-refractivity contribution in [3.63, 3.8) is 0 Å². The number of sulfone groups is 1. The Hall–Kier alpha value is -4.22. The van der Waals surface area contributed by atoms with E-state index in [9.17, 15) is 18.1 Å². The Morgan fingerprint density at radius 1 is 1.03 bits per heavy atom. The van der Waals surface area contributed by atoms with Crippen molar-refractivity contribution >= 4 is 15.9 Å². The quantitative estimate of drug-likeness (QED) is 0.298. The molecule has 1 heterocycles. The Kier molecular flexibility index (Phi) is 6.07. The van der Waals surface area contributed by atoms with Crippen molar-refractivity contribution in [1.82, 2.24) is 9.78 Å². The summed E-state index contributed by atoms with van der Waals surface area (Å²) < 4.78 is 46.2. The standard InChI is InChI=1S/C25H18FN3O3S/c1-32-22-11-7-18(8-12-22)25-19(17-29(28-25)21-5-3-2-4-6-21)15-24(16-27)33(30,31)23-13-9-20(26)10-14-23/h2-15,17H,1H3. The first-order valence-electron chi connectivity index (χ1n) is 9.84. The van der Waals surface area contributed by atoms with Gasteiger partial charge in [-0.15, -0.1) is 0 Å². The Morgan fingerprint density at radius 2 is 1.70 bits per heavy atom. The molecule has 4 rings (SSSR count). The summed E-state index contributed by atoms with van der Waals surface area (Å²) in [5.41, 5.74) is 2.41. The fraction of sp³-hybridized carbons (Fsp3) is 0.0400. The van der Waals surface area contributed by atoms with Gasteiger partial charge in [0.05, 0.1) is 17.7 Å². The van der Waals surface area contributed by atoms with Gasteiger partial charge in [-0.3, -0.25) is 0 Å². The molecule has 0 unspecified atom stereocenters. The van der Waals surface area contributed by atoms with Crippen molar-refractivity contribution in [1.29, 1.82) is 5.26 Å². The summed E-state index contributed by atoms with van der Waals surface area (Å²) in [7, 11) is -2.59. The monoisotopic (exact) mass is 459 g/mol. The molecule has 3 aromatic carbocycles. The molecule has 8 heteroatoms. The van der Waals surface area contributed by atoms with E-state index in [2.05, 4.69) is 5.10 Å². The van der Waals surface area contributed by atoms with E-state index in [0.717, 1.165) is 30.0 Å². The number of para-hydroxylation sites is 1. The molecule has 0 aliphatic heterocycles. The molecule has 0 aliphatic carbocycles. The molecule has 0 atom stereocenters. The van der Waals surface area contributed by atoms with Crippen molar-refractivity contribution in [2.75, 3.05) is 7.11 Å². The third-order valence-corrected chi connectivity index (χ3v) is 6.62. The lowest BCUT2D eigenvalue weighted by Crippen LogP contribution is -2.03. The van der Waals surface area contributed by atoms with Gasteiger partial charge in [0.2, 0.25) is 9.84 Å². The average Bonchev–Trinajstić information content (AvgIpc) is 3.27. The number of allylic oxidation sites excluding steroid dienone is 1. The van der Waals surface area contributed by atoms with Gasteiger partial charge < -0.3 is 4.74 Å². The highest BCUT2D eigenvalue weighted by Crippen LogP contribution is 2.29. The first-order valence-corrected chi connectivity index (χ1v) is 11.3. The summed E-state index contributed by atoms with van der Waals surface area (Å²) in [5.74, 6) is 0.0947. The molecule has 0 N–H and O–H groups in total. The summed E-state index contributed by atoms with van der Waals surface area (Å²) in [6.45, 7) is 0. The number of halogens is 1. The SMILES string of the molecule is COc1ccc(-c2nn(-c3ccccc3)cc2C=C(C#N)S(=O)(=O)c2ccc(F)cc2)cc1. The van der Waals surface area contributed by atoms with E-state index < -0.39 is 20.6 Å². The van der Waals surface area contributed by atoms with Gasteiger partial charge in [-0.2, -0.15) is 10.4 Å². The number of nitrogens with zero attached hydrogens (tertiary/aromatic N) is 3. The molecule has 0 saturated carbocycles. The van der Waals surface area contributed by atoms with Gasteiger partial charge in [-0.25, -0.2) is 17.5 Å². The molecule has 164 valence electrons. The lowest BCUT2D eigenvalue weighted by Gasteiger charge is -2.04. The fourth-order valence-corrected chi connectivity index (χ4v) is 4.38. The van der Waals surface area contributed by atoms with Crippen molar-refractivity contribution in [3.8, 4) is 28.8 Å². The molecule has 0 spiro atoms. The van der Waals surface area contributed by atoms with Crippen LogP contribution in [0.3, 0.4) is 0 Å². The van der Waals surface area contributed by atoms with Gasteiger partial charge in [-0.05, 0) is 66.7 Å². The highest BCUT2D eigenvalue weighted by Gasteiger charge is 2.22. The molecule has 33 heavy (non-hydrogen) atoms. The van der Waals surface area contributed by atoms with E-state index >= 15 is 0 Å². The van der Waals surface area contributed by atoms with Crippen LogP contribution in [0.1, 0.15) is 5.56 Å². The zero-order valence-corrected chi connectivity index (χ0v) is 18.3. The molecule has 0 fully saturated rings. The zero-order chi connectivity index (χ0) is 23.4. The number of methoxy groups -OCH3 is 1. The summed E-state index contributed by atoms with van der Waals surface area (Å²) in [6, 6.07) is 22.6. The van der Waals surface area contributed by atoms with Crippen molar-refractivity contribution < 1.29 is 17.5 Å². The van der Waals surface area contributed by atoms with Gasteiger partial charge in [0, 0.05) is 17.3 Å². The van der Waals surface area contributed by atoms with Crippen LogP contribution in [-0.2, 0) is 9.84 Å². The molecule has 6 nitrogen and oxygen atoms in total. The number of ether oxygens (including phenoxy) is 1. The van der Waals surface area contributed by atoms with Gasteiger partial charge in [-0.1, -0.05) is 18.2 Å². The average molecular weight is 460 g/mol. The van der Waals surface area contributed by atoms with Crippen molar-refractivity contribution in [2.45, 2.75) is 4.90 Å². The third-order valence-electron chi connectivity index (χ3n) is 4.94. The molecule has 4 aromatic rings. The highest BCUT2D eigenvalue weighted by atomic mass is 32.2. The van der Waals surface area contributed by atoms with Crippen LogP contribution in [0.2, 0.25) is 0 Å². The largest absolute Gasteiger partial charge is 0.497 e. The van der Waals surface area contributed by atoms with Crippen LogP contribution >= 0.6 is 0 Å². The first kappa shape index (κ1) is 22.0. The minimum absolute atomic E-state index is 0.168. The normalized spacial score (nSPS) is 11.7. The van der Waals surface area contributed by atoms with Gasteiger partial charge in [0.1, 0.15) is 28.2 Å². The Morgan fingerprint density at radius 3 is 2.30 bits per heavy atom. The predicted octanol–water partition coefficient (Wildman–Crippen LogP) is 5.03. The van der Waals surface area contributed by atoms with Crippen LogP contribution < -0.4 is 4.74 Å². The molecule has 0 bridgehead atoms. The van der Waals surface area contributed by atoms with E-state index in [1.54, 1.807) is 48.3 Å². The number of nitriles is 1. The second-order valence-electron chi connectivity index (χ2n) is 7.02. The van der Waals surface area contributed by atoms with Crippen LogP contribution in [0.4, 0.5) is 4.39 Å². The van der Waals surface area contributed by atoms with Gasteiger partial charge >= 0.3 is 0 Å². The maximum Gasteiger partial charge on any atom is 0.216 e. The maximum absolute atomic E-state index is 13.3. The molecule has 0 radical (unpaired) electrons. The second-order valence-corrected chi connectivity index (χ2v) is 8.94. The topological polar surface area (TPSA) is 85.0 Å². The number of hydrogen-bond donors (Lipinski definition) is 0. The van der Waals surface area contributed by atoms with Crippen LogP contribution in [-0.4, -0.2) is 25.3 Å². The Labute approximate surface area is 190 Å². The fourth-order valence-electron chi connectivity index (χ4n) is 3.23. The van der Waals surface area contributed by atoms with E-state index in [4.69, 9.17) is 4.74 Å². The van der Waals surface area contributed by atoms with Crippen molar-refractivity contribution in [2.24, 2.45) is 0 Å². The summed E-state index contributed by atoms with van der Waals surface area (Å²) >= 11 is 0. The van der Waals surface area contributed by atoms with Crippen LogP contribution in [0, 0.1) is 17.1 Å². The first-order chi connectivity index (χ1) is 15.9. The maximum atomic E-state index is 13.3. The molecule has 0 saturated heterocycles. The van der Waals surface area contributed by atoms with E-state index in [-0.39, 0.29) is 4.90 Å². The third kappa shape index (κ3) is 4.54. The summed E-state index contributed by atoms with van der Waals surface area (Å²) in [6.07, 6.45) is 2.94. The minimum atomic E-state index is -4.15. The molecular formula is C25H18FN3O3S. The lowest BCUT2D eigenvalue weighted by atomic mass is 10.1. The molecule has 0 amide bonds. The van der Waals surface area contributed by atoms with Gasteiger partial charge in [0.15, 0.2) is 0 Å². The summed E-state index contributed by atoms with van der Waals surface area (Å²) in [4.78, 5) is -0.644. The van der Waals surface area contributed by atoms with Crippen molar-refractivity contribution in [3.05, 3.63) is 101 Å². The minimum Gasteiger partial charge on any atom is -0.497 e. The highest BCUT2D eigenvalue weighted by molar-refractivity contribution is 7.95. The van der Waals surface area contributed by atoms with Crippen LogP contribution in [0.15, 0.2) is 94.9 Å². The Bertz CT molecular complexity index is 1450. The lowest BCUT2D eigenvalue weighted by molar-refractivity contribution is 0.415. The summed E-state index contributed by atoms with van der Waals surface area (Å²) in [5, 5.41) is 14.3. The molecule has 0 aliphatic rings.